The summed E-state index contributed by atoms with van der Waals surface area (Å²) in [6, 6.07) is 19.1. The van der Waals surface area contributed by atoms with Gasteiger partial charge in [-0.3, -0.25) is 4.79 Å². The Morgan fingerprint density at radius 2 is 1.62 bits per heavy atom. The fraction of sp³-hybridized carbons (Fsp3) is 0.0800. The lowest BCUT2D eigenvalue weighted by molar-refractivity contribution is 0.0462. The van der Waals surface area contributed by atoms with Gasteiger partial charge in [0, 0.05) is 16.1 Å². The highest BCUT2D eigenvalue weighted by atomic mass is 35.5. The summed E-state index contributed by atoms with van der Waals surface area (Å²) in [6.45, 7) is 1.81. The molecule has 0 aliphatic carbocycles. The Kier molecular flexibility index (Phi) is 5.65. The number of rotatable bonds is 5. The van der Waals surface area contributed by atoms with Gasteiger partial charge in [-0.15, -0.1) is 10.2 Å². The number of hydrogen-bond acceptors (Lipinski definition) is 7. The van der Waals surface area contributed by atoms with Gasteiger partial charge in [-0.25, -0.2) is 9.78 Å². The van der Waals surface area contributed by atoms with Gasteiger partial charge in [0.15, 0.2) is 0 Å². The standard InChI is InChI=1S/C25H17ClN4O4/c1-14-2-4-15(5-3-14)23-29-30-24(34-23)16-6-8-17(9-7-16)25(32)33-13-21-27-20-12-18(26)10-11-19(20)22(31)28-21/h2-12H,13H2,1H3,(H,27,28,31). The summed E-state index contributed by atoms with van der Waals surface area (Å²) >= 11 is 5.97. The molecular formula is C25H17ClN4O4. The number of aromatic nitrogens is 4. The number of benzene rings is 3. The monoisotopic (exact) mass is 472 g/mol. The Morgan fingerprint density at radius 1 is 0.971 bits per heavy atom. The predicted octanol–water partition coefficient (Wildman–Crippen LogP) is 4.96. The number of esters is 1. The third-order valence-electron chi connectivity index (χ3n) is 5.15. The fourth-order valence-electron chi connectivity index (χ4n) is 3.35. The van der Waals surface area contributed by atoms with E-state index in [1.807, 2.05) is 31.2 Å². The van der Waals surface area contributed by atoms with Gasteiger partial charge >= 0.3 is 5.97 Å². The van der Waals surface area contributed by atoms with Crippen LogP contribution in [0.2, 0.25) is 5.02 Å². The Balaban J connectivity index is 1.28. The second-order valence-electron chi connectivity index (χ2n) is 7.61. The highest BCUT2D eigenvalue weighted by Crippen LogP contribution is 2.24. The first-order valence-corrected chi connectivity index (χ1v) is 10.7. The van der Waals surface area contributed by atoms with Crippen molar-refractivity contribution < 1.29 is 13.9 Å². The molecule has 5 rings (SSSR count). The minimum Gasteiger partial charge on any atom is -0.454 e. The summed E-state index contributed by atoms with van der Waals surface area (Å²) in [5.41, 5.74) is 3.05. The van der Waals surface area contributed by atoms with Crippen LogP contribution in [0.4, 0.5) is 0 Å². The van der Waals surface area contributed by atoms with Crippen LogP contribution < -0.4 is 5.56 Å². The van der Waals surface area contributed by atoms with Crippen LogP contribution in [0.15, 0.2) is 75.9 Å². The largest absolute Gasteiger partial charge is 0.454 e. The van der Waals surface area contributed by atoms with Gasteiger partial charge < -0.3 is 14.1 Å². The van der Waals surface area contributed by atoms with E-state index in [0.29, 0.717) is 38.8 Å². The van der Waals surface area contributed by atoms with Crippen molar-refractivity contribution in [1.29, 1.82) is 0 Å². The minimum absolute atomic E-state index is 0.193. The summed E-state index contributed by atoms with van der Waals surface area (Å²) in [6.07, 6.45) is 0. The van der Waals surface area contributed by atoms with Crippen LogP contribution in [0, 0.1) is 6.92 Å². The number of carbonyl (C=O) groups excluding carboxylic acids is 1. The second-order valence-corrected chi connectivity index (χ2v) is 8.04. The number of nitrogens with one attached hydrogen (secondary N) is 1. The molecule has 1 N–H and O–H groups in total. The number of aromatic amines is 1. The van der Waals surface area contributed by atoms with Gasteiger partial charge in [0.05, 0.1) is 16.5 Å². The minimum atomic E-state index is -0.564. The molecule has 8 nitrogen and oxygen atoms in total. The lowest BCUT2D eigenvalue weighted by Crippen LogP contribution is -2.14. The topological polar surface area (TPSA) is 111 Å². The normalized spacial score (nSPS) is 11.0. The third kappa shape index (κ3) is 4.44. The average molecular weight is 473 g/mol. The second kappa shape index (κ2) is 8.92. The van der Waals surface area contributed by atoms with Crippen molar-refractivity contribution >= 4 is 28.5 Å². The van der Waals surface area contributed by atoms with E-state index in [-0.39, 0.29) is 18.0 Å². The first-order valence-electron chi connectivity index (χ1n) is 10.3. The van der Waals surface area contributed by atoms with Crippen LogP contribution in [0.25, 0.3) is 33.8 Å². The number of nitrogens with zero attached hydrogens (tertiary/aromatic N) is 3. The van der Waals surface area contributed by atoms with Crippen molar-refractivity contribution in [2.75, 3.05) is 0 Å². The molecule has 0 saturated carbocycles. The van der Waals surface area contributed by atoms with Gasteiger partial charge in [-0.1, -0.05) is 29.3 Å². The SMILES string of the molecule is Cc1ccc(-c2nnc(-c3ccc(C(=O)OCc4nc5cc(Cl)ccc5c(=O)[nH]4)cc3)o2)cc1. The third-order valence-corrected chi connectivity index (χ3v) is 5.38. The fourth-order valence-corrected chi connectivity index (χ4v) is 3.51. The zero-order valence-corrected chi connectivity index (χ0v) is 18.7. The molecule has 0 fully saturated rings. The molecule has 0 amide bonds. The number of H-pyrrole nitrogens is 1. The Labute approximate surface area is 198 Å². The van der Waals surface area contributed by atoms with Crippen molar-refractivity contribution in [1.82, 2.24) is 20.2 Å². The van der Waals surface area contributed by atoms with Crippen molar-refractivity contribution in [3.63, 3.8) is 0 Å². The molecule has 0 aliphatic heterocycles. The van der Waals surface area contributed by atoms with E-state index in [1.54, 1.807) is 42.5 Å². The first-order chi connectivity index (χ1) is 16.5. The van der Waals surface area contributed by atoms with Gasteiger partial charge in [0.2, 0.25) is 11.8 Å². The molecule has 0 bridgehead atoms. The van der Waals surface area contributed by atoms with Crippen LogP contribution >= 0.6 is 11.6 Å². The first kappa shape index (κ1) is 21.5. The van der Waals surface area contributed by atoms with E-state index in [0.717, 1.165) is 11.1 Å². The molecule has 168 valence electrons. The summed E-state index contributed by atoms with van der Waals surface area (Å²) in [5.74, 6) is 0.411. The molecule has 0 spiro atoms. The molecule has 0 atom stereocenters. The number of carbonyl (C=O) groups is 1. The summed E-state index contributed by atoms with van der Waals surface area (Å²) in [4.78, 5) is 31.6. The zero-order chi connectivity index (χ0) is 23.7. The summed E-state index contributed by atoms with van der Waals surface area (Å²) in [5, 5.41) is 9.05. The number of fused-ring (bicyclic) bond motifs is 1. The van der Waals surface area contributed by atoms with Crippen molar-refractivity contribution in [3.8, 4) is 22.9 Å². The van der Waals surface area contributed by atoms with Crippen LogP contribution in [-0.2, 0) is 11.3 Å². The maximum absolute atomic E-state index is 12.5. The molecule has 3 aromatic carbocycles. The molecule has 0 saturated heterocycles. The number of aryl methyl sites for hydroxylation is 1. The maximum Gasteiger partial charge on any atom is 0.338 e. The highest BCUT2D eigenvalue weighted by molar-refractivity contribution is 6.31. The quantitative estimate of drug-likeness (QED) is 0.360. The van der Waals surface area contributed by atoms with E-state index in [9.17, 15) is 9.59 Å². The van der Waals surface area contributed by atoms with Gasteiger partial charge in [-0.2, -0.15) is 0 Å². The lowest BCUT2D eigenvalue weighted by atomic mass is 10.1. The van der Waals surface area contributed by atoms with E-state index in [2.05, 4.69) is 20.2 Å². The molecule has 34 heavy (non-hydrogen) atoms. The Hall–Kier alpha value is -4.30. The van der Waals surface area contributed by atoms with Crippen LogP contribution in [0.1, 0.15) is 21.7 Å². The molecular weight excluding hydrogens is 456 g/mol. The molecule has 0 aliphatic rings. The summed E-state index contributed by atoms with van der Waals surface area (Å²) < 4.78 is 11.1. The zero-order valence-electron chi connectivity index (χ0n) is 17.9. The molecule has 5 aromatic rings. The Bertz CT molecular complexity index is 1560. The van der Waals surface area contributed by atoms with E-state index in [4.69, 9.17) is 20.8 Å². The number of halogens is 1. The van der Waals surface area contributed by atoms with Crippen molar-refractivity contribution in [2.45, 2.75) is 13.5 Å². The van der Waals surface area contributed by atoms with Gasteiger partial charge in [0.25, 0.3) is 5.56 Å². The molecule has 9 heteroatoms. The highest BCUT2D eigenvalue weighted by Gasteiger charge is 2.13. The van der Waals surface area contributed by atoms with Gasteiger partial charge in [0.1, 0.15) is 12.4 Å². The van der Waals surface area contributed by atoms with Crippen LogP contribution in [0.3, 0.4) is 0 Å². The molecule has 0 radical (unpaired) electrons. The van der Waals surface area contributed by atoms with Crippen molar-refractivity contribution in [3.05, 3.63) is 99.1 Å². The molecule has 2 aromatic heterocycles. The number of ether oxygens (including phenoxy) is 1. The van der Waals surface area contributed by atoms with E-state index >= 15 is 0 Å². The summed E-state index contributed by atoms with van der Waals surface area (Å²) in [7, 11) is 0. The molecule has 2 heterocycles. The van der Waals surface area contributed by atoms with E-state index < -0.39 is 5.97 Å². The lowest BCUT2D eigenvalue weighted by Gasteiger charge is -2.06. The van der Waals surface area contributed by atoms with Crippen LogP contribution in [-0.4, -0.2) is 26.1 Å². The molecule has 0 unspecified atom stereocenters. The average Bonchev–Trinajstić information content (AvgIpc) is 3.33. The predicted molar refractivity (Wildman–Crippen MR) is 126 cm³/mol. The number of hydrogen-bond donors (Lipinski definition) is 1. The van der Waals surface area contributed by atoms with Gasteiger partial charge in [-0.05, 0) is 61.5 Å². The Morgan fingerprint density at radius 3 is 2.29 bits per heavy atom. The van der Waals surface area contributed by atoms with E-state index in [1.165, 1.54) is 0 Å². The van der Waals surface area contributed by atoms with Crippen LogP contribution in [0.5, 0.6) is 0 Å². The maximum atomic E-state index is 12.5. The smallest absolute Gasteiger partial charge is 0.338 e. The van der Waals surface area contributed by atoms with Crippen molar-refractivity contribution in [2.24, 2.45) is 0 Å².